The van der Waals surface area contributed by atoms with Gasteiger partial charge in [-0.1, -0.05) is 17.7 Å². The molecule has 19 heavy (non-hydrogen) atoms. The molecule has 104 valence electrons. The minimum absolute atomic E-state index is 0.589. The van der Waals surface area contributed by atoms with E-state index in [0.717, 1.165) is 0 Å². The van der Waals surface area contributed by atoms with Gasteiger partial charge in [0.15, 0.2) is 0 Å². The lowest BCUT2D eigenvalue weighted by molar-refractivity contribution is -0.0887. The maximum absolute atomic E-state index is 12.2. The molecule has 0 bridgehead atoms. The lowest BCUT2D eigenvalue weighted by Crippen LogP contribution is -2.26. The number of rotatable bonds is 2. The summed E-state index contributed by atoms with van der Waals surface area (Å²) >= 11 is 5.27. The zero-order valence-electron chi connectivity index (χ0n) is 8.69. The van der Waals surface area contributed by atoms with Crippen molar-refractivity contribution >= 4 is 23.2 Å². The summed E-state index contributed by atoms with van der Waals surface area (Å²) in [6.45, 7) is 0. The van der Waals surface area contributed by atoms with E-state index in [1.807, 2.05) is 0 Å². The van der Waals surface area contributed by atoms with Crippen molar-refractivity contribution in [3.05, 3.63) is 34.3 Å². The van der Waals surface area contributed by atoms with Crippen molar-refractivity contribution in [2.75, 3.05) is 0 Å². The number of carbonyl (C=O) groups is 2. The van der Waals surface area contributed by atoms with Gasteiger partial charge in [0.25, 0.3) is 11.6 Å². The van der Waals surface area contributed by atoms with Gasteiger partial charge in [-0.2, -0.15) is 26.3 Å². The Kier molecular flexibility index (Phi) is 3.94. The van der Waals surface area contributed by atoms with Gasteiger partial charge in [-0.15, -0.1) is 0 Å². The Bertz CT molecular complexity index is 488. The van der Waals surface area contributed by atoms with E-state index in [1.165, 1.54) is 0 Å². The Morgan fingerprint density at radius 1 is 0.842 bits per heavy atom. The van der Waals surface area contributed by atoms with Gasteiger partial charge in [0.05, 0.1) is 5.02 Å². The van der Waals surface area contributed by atoms with E-state index in [4.69, 9.17) is 11.6 Å². The molecule has 0 aliphatic rings. The van der Waals surface area contributed by atoms with Gasteiger partial charge in [0, 0.05) is 11.1 Å². The third-order valence-corrected chi connectivity index (χ3v) is 2.41. The highest BCUT2D eigenvalue weighted by atomic mass is 35.5. The molecule has 0 heterocycles. The highest BCUT2D eigenvalue weighted by Crippen LogP contribution is 2.31. The second-order valence-corrected chi connectivity index (χ2v) is 3.70. The SMILES string of the molecule is O=C(c1cccc(C(=O)C(F)(F)F)c1Cl)C(F)(F)F. The summed E-state index contributed by atoms with van der Waals surface area (Å²) in [6.07, 6.45) is -10.6. The second-order valence-electron chi connectivity index (χ2n) is 3.32. The highest BCUT2D eigenvalue weighted by molar-refractivity contribution is 6.37. The van der Waals surface area contributed by atoms with Gasteiger partial charge < -0.3 is 0 Å². The van der Waals surface area contributed by atoms with Crippen LogP contribution < -0.4 is 0 Å². The summed E-state index contributed by atoms with van der Waals surface area (Å²) in [7, 11) is 0. The van der Waals surface area contributed by atoms with Crippen LogP contribution in [0.5, 0.6) is 0 Å². The molecule has 0 atom stereocenters. The zero-order valence-corrected chi connectivity index (χ0v) is 9.45. The molecule has 1 aromatic rings. The number of hydrogen-bond acceptors (Lipinski definition) is 2. The minimum atomic E-state index is -5.30. The molecular formula is C10H3ClF6O2. The molecule has 0 aromatic heterocycles. The molecule has 1 rings (SSSR count). The smallest absolute Gasteiger partial charge is 0.284 e. The molecule has 1 aromatic carbocycles. The van der Waals surface area contributed by atoms with Crippen molar-refractivity contribution in [3.63, 3.8) is 0 Å². The fourth-order valence-corrected chi connectivity index (χ4v) is 1.49. The van der Waals surface area contributed by atoms with E-state index < -0.39 is 40.1 Å². The first-order valence-electron chi connectivity index (χ1n) is 4.48. The van der Waals surface area contributed by atoms with Crippen LogP contribution in [0.15, 0.2) is 18.2 Å². The van der Waals surface area contributed by atoms with E-state index in [2.05, 4.69) is 0 Å². The van der Waals surface area contributed by atoms with E-state index in [9.17, 15) is 35.9 Å². The predicted octanol–water partition coefficient (Wildman–Crippen LogP) is 3.83. The summed E-state index contributed by atoms with van der Waals surface area (Å²) in [5, 5.41) is -1.17. The number of carbonyl (C=O) groups excluding carboxylic acids is 2. The molecule has 0 N–H and O–H groups in total. The number of hydrogen-bond donors (Lipinski definition) is 0. The molecule has 0 aliphatic carbocycles. The van der Waals surface area contributed by atoms with Crippen LogP contribution in [0.1, 0.15) is 20.7 Å². The van der Waals surface area contributed by atoms with Crippen molar-refractivity contribution in [2.45, 2.75) is 12.4 Å². The highest BCUT2D eigenvalue weighted by Gasteiger charge is 2.44. The Balaban J connectivity index is 3.36. The molecule has 0 saturated carbocycles. The van der Waals surface area contributed by atoms with Crippen molar-refractivity contribution in [3.8, 4) is 0 Å². The molecule has 0 radical (unpaired) electrons. The van der Waals surface area contributed by atoms with Crippen molar-refractivity contribution in [1.29, 1.82) is 0 Å². The Hall–Kier alpha value is -1.57. The van der Waals surface area contributed by atoms with Gasteiger partial charge >= 0.3 is 12.4 Å². The third-order valence-electron chi connectivity index (χ3n) is 2.00. The van der Waals surface area contributed by atoms with E-state index >= 15 is 0 Å². The predicted molar refractivity (Wildman–Crippen MR) is 52.2 cm³/mol. The van der Waals surface area contributed by atoms with Gasteiger partial charge in [-0.25, -0.2) is 0 Å². The van der Waals surface area contributed by atoms with Crippen LogP contribution in [0.25, 0.3) is 0 Å². The Morgan fingerprint density at radius 3 is 1.42 bits per heavy atom. The van der Waals surface area contributed by atoms with Gasteiger partial charge in [0.2, 0.25) is 0 Å². The van der Waals surface area contributed by atoms with Crippen molar-refractivity contribution in [1.82, 2.24) is 0 Å². The normalized spacial score (nSPS) is 12.4. The largest absolute Gasteiger partial charge is 0.454 e. The fourth-order valence-electron chi connectivity index (χ4n) is 1.19. The monoisotopic (exact) mass is 304 g/mol. The molecule has 2 nitrogen and oxygen atoms in total. The van der Waals surface area contributed by atoms with Crippen molar-refractivity contribution < 1.29 is 35.9 Å². The van der Waals surface area contributed by atoms with Crippen LogP contribution in [-0.2, 0) is 0 Å². The van der Waals surface area contributed by atoms with E-state index in [-0.39, 0.29) is 0 Å². The number of Topliss-reactive ketones (excluding diaryl/α,β-unsaturated/α-hetero) is 2. The van der Waals surface area contributed by atoms with E-state index in [0.29, 0.717) is 18.2 Å². The van der Waals surface area contributed by atoms with Crippen LogP contribution in [0, 0.1) is 0 Å². The summed E-state index contributed by atoms with van der Waals surface area (Å²) < 4.78 is 73.0. The quantitative estimate of drug-likeness (QED) is 0.614. The van der Waals surface area contributed by atoms with Crippen LogP contribution in [0.3, 0.4) is 0 Å². The molecule has 0 amide bonds. The van der Waals surface area contributed by atoms with Crippen LogP contribution >= 0.6 is 11.6 Å². The zero-order chi connectivity index (χ0) is 15.0. The summed E-state index contributed by atoms with van der Waals surface area (Å²) in [4.78, 5) is 21.8. The first kappa shape index (κ1) is 15.5. The lowest BCUT2D eigenvalue weighted by Gasteiger charge is -2.11. The lowest BCUT2D eigenvalue weighted by atomic mass is 10.0. The average Bonchev–Trinajstić information content (AvgIpc) is 2.25. The average molecular weight is 305 g/mol. The molecule has 0 saturated heterocycles. The standard InChI is InChI=1S/C10H3ClF6O2/c11-6-4(7(18)9(12,13)14)2-1-3-5(6)8(19)10(15,16)17/h1-3H. The summed E-state index contributed by atoms with van der Waals surface area (Å²) in [5.41, 5.74) is -2.41. The molecular weight excluding hydrogens is 302 g/mol. The van der Waals surface area contributed by atoms with Gasteiger partial charge in [-0.3, -0.25) is 9.59 Å². The molecule has 0 aliphatic heterocycles. The van der Waals surface area contributed by atoms with E-state index in [1.54, 1.807) is 0 Å². The third kappa shape index (κ3) is 3.25. The van der Waals surface area contributed by atoms with Crippen LogP contribution in [-0.4, -0.2) is 23.9 Å². The molecule has 9 heteroatoms. The number of ketones is 2. The van der Waals surface area contributed by atoms with Gasteiger partial charge in [0.1, 0.15) is 0 Å². The molecule has 0 unspecified atom stereocenters. The summed E-state index contributed by atoms with van der Waals surface area (Å²) in [6, 6.07) is 1.89. The number of halogens is 7. The van der Waals surface area contributed by atoms with Gasteiger partial charge in [-0.05, 0) is 12.1 Å². The molecule has 0 spiro atoms. The molecule has 0 fully saturated rings. The first-order chi connectivity index (χ1) is 8.46. The van der Waals surface area contributed by atoms with Crippen molar-refractivity contribution in [2.24, 2.45) is 0 Å². The topological polar surface area (TPSA) is 34.1 Å². The van der Waals surface area contributed by atoms with Crippen LogP contribution in [0.4, 0.5) is 26.3 Å². The Morgan fingerprint density at radius 2 is 1.16 bits per heavy atom. The van der Waals surface area contributed by atoms with Crippen LogP contribution in [0.2, 0.25) is 5.02 Å². The second kappa shape index (κ2) is 4.84. The maximum Gasteiger partial charge on any atom is 0.454 e. The minimum Gasteiger partial charge on any atom is -0.284 e. The number of benzene rings is 1. The number of alkyl halides is 6. The maximum atomic E-state index is 12.2. The first-order valence-corrected chi connectivity index (χ1v) is 4.85. The Labute approximate surface area is 107 Å². The summed E-state index contributed by atoms with van der Waals surface area (Å²) in [5.74, 6) is -4.84. The fraction of sp³-hybridized carbons (Fsp3) is 0.200.